The fourth-order valence-corrected chi connectivity index (χ4v) is 1.81. The average molecular weight is 208 g/mol. The van der Waals surface area contributed by atoms with Crippen LogP contribution in [0.2, 0.25) is 0 Å². The molecule has 0 fully saturated rings. The van der Waals surface area contributed by atoms with Crippen LogP contribution in [-0.4, -0.2) is 22.7 Å². The fourth-order valence-electron chi connectivity index (χ4n) is 1.81. The summed E-state index contributed by atoms with van der Waals surface area (Å²) >= 11 is 0. The first-order valence-corrected chi connectivity index (χ1v) is 4.81. The smallest absolute Gasteiger partial charge is 0.269 e. The van der Waals surface area contributed by atoms with Crippen molar-refractivity contribution in [1.82, 2.24) is 5.32 Å². The number of nitrogens with one attached hydrogen (secondary N) is 1. The van der Waals surface area contributed by atoms with Crippen molar-refractivity contribution in [3.05, 3.63) is 39.4 Å². The third-order valence-corrected chi connectivity index (χ3v) is 2.67. The van der Waals surface area contributed by atoms with Gasteiger partial charge < -0.3 is 10.4 Å². The molecule has 5 heteroatoms. The number of benzene rings is 1. The van der Waals surface area contributed by atoms with E-state index in [4.69, 9.17) is 5.11 Å². The second-order valence-corrected chi connectivity index (χ2v) is 3.67. The Morgan fingerprint density at radius 1 is 1.53 bits per heavy atom. The summed E-state index contributed by atoms with van der Waals surface area (Å²) in [5.41, 5.74) is 2.16. The average Bonchev–Trinajstić information content (AvgIpc) is 2.27. The summed E-state index contributed by atoms with van der Waals surface area (Å²) in [5.74, 6) is 0. The van der Waals surface area contributed by atoms with Crippen LogP contribution in [0, 0.1) is 10.1 Å². The zero-order valence-corrected chi connectivity index (χ0v) is 8.14. The van der Waals surface area contributed by atoms with E-state index < -0.39 is 4.92 Å². The maximum absolute atomic E-state index is 10.6. The normalized spacial score (nSPS) is 19.7. The van der Waals surface area contributed by atoms with Gasteiger partial charge >= 0.3 is 0 Å². The second-order valence-electron chi connectivity index (χ2n) is 3.67. The van der Waals surface area contributed by atoms with Crippen LogP contribution in [0.5, 0.6) is 0 Å². The predicted octanol–water partition coefficient (Wildman–Crippen LogP) is 0.601. The number of nitro groups is 1. The van der Waals surface area contributed by atoms with Crippen molar-refractivity contribution in [2.75, 3.05) is 6.61 Å². The molecule has 0 spiro atoms. The molecule has 2 N–H and O–H groups in total. The number of aliphatic hydroxyl groups is 1. The summed E-state index contributed by atoms with van der Waals surface area (Å²) in [5, 5.41) is 22.7. The van der Waals surface area contributed by atoms with E-state index >= 15 is 0 Å². The molecular formula is C10H12N2O3. The molecule has 2 rings (SSSR count). The first kappa shape index (κ1) is 10.1. The SMILES string of the molecule is O=[N+]([O-])c1ccc2c(c1)CNC(CO)C2. The van der Waals surface area contributed by atoms with E-state index in [-0.39, 0.29) is 18.3 Å². The van der Waals surface area contributed by atoms with Crippen molar-refractivity contribution in [3.63, 3.8) is 0 Å². The molecule has 1 aliphatic rings. The Kier molecular flexibility index (Phi) is 2.66. The van der Waals surface area contributed by atoms with Crippen molar-refractivity contribution in [3.8, 4) is 0 Å². The van der Waals surface area contributed by atoms with Crippen LogP contribution >= 0.6 is 0 Å². The number of hydrogen-bond donors (Lipinski definition) is 2. The Morgan fingerprint density at radius 2 is 2.33 bits per heavy atom. The minimum absolute atomic E-state index is 0.0685. The van der Waals surface area contributed by atoms with Crippen molar-refractivity contribution in [2.45, 2.75) is 19.0 Å². The zero-order chi connectivity index (χ0) is 10.8. The van der Waals surface area contributed by atoms with E-state index in [0.29, 0.717) is 6.54 Å². The van der Waals surface area contributed by atoms with Gasteiger partial charge in [-0.1, -0.05) is 6.07 Å². The monoisotopic (exact) mass is 208 g/mol. The van der Waals surface area contributed by atoms with Gasteiger partial charge in [-0.25, -0.2) is 0 Å². The van der Waals surface area contributed by atoms with Crippen LogP contribution in [0.15, 0.2) is 18.2 Å². The number of hydrogen-bond acceptors (Lipinski definition) is 4. The molecular weight excluding hydrogens is 196 g/mol. The Morgan fingerprint density at radius 3 is 3.00 bits per heavy atom. The summed E-state index contributed by atoms with van der Waals surface area (Å²) < 4.78 is 0. The van der Waals surface area contributed by atoms with Gasteiger partial charge in [-0.2, -0.15) is 0 Å². The molecule has 0 aliphatic carbocycles. The van der Waals surface area contributed by atoms with Gasteiger partial charge in [0.25, 0.3) is 5.69 Å². The van der Waals surface area contributed by atoms with E-state index in [9.17, 15) is 10.1 Å². The van der Waals surface area contributed by atoms with Crippen molar-refractivity contribution >= 4 is 5.69 Å². The molecule has 15 heavy (non-hydrogen) atoms. The lowest BCUT2D eigenvalue weighted by atomic mass is 9.96. The molecule has 1 atom stereocenters. The summed E-state index contributed by atoms with van der Waals surface area (Å²) in [6, 6.07) is 4.95. The lowest BCUT2D eigenvalue weighted by Crippen LogP contribution is -2.38. The lowest BCUT2D eigenvalue weighted by molar-refractivity contribution is -0.384. The molecule has 0 aromatic heterocycles. The first-order valence-electron chi connectivity index (χ1n) is 4.81. The third-order valence-electron chi connectivity index (χ3n) is 2.67. The maximum atomic E-state index is 10.6. The van der Waals surface area contributed by atoms with Crippen LogP contribution in [0.1, 0.15) is 11.1 Å². The Bertz CT molecular complexity index is 392. The highest BCUT2D eigenvalue weighted by molar-refractivity contribution is 5.41. The largest absolute Gasteiger partial charge is 0.395 e. The van der Waals surface area contributed by atoms with Gasteiger partial charge in [0, 0.05) is 24.7 Å². The number of nitro benzene ring substituents is 1. The van der Waals surface area contributed by atoms with Crippen LogP contribution in [0.25, 0.3) is 0 Å². The van der Waals surface area contributed by atoms with Crippen molar-refractivity contribution in [1.29, 1.82) is 0 Å². The standard InChI is InChI=1S/C10H12N2O3/c13-6-9-3-7-1-2-10(12(14)15)4-8(7)5-11-9/h1-2,4,9,11,13H,3,5-6H2. The molecule has 0 radical (unpaired) electrons. The molecule has 1 aliphatic heterocycles. The predicted molar refractivity (Wildman–Crippen MR) is 54.5 cm³/mol. The van der Waals surface area contributed by atoms with Crippen LogP contribution in [-0.2, 0) is 13.0 Å². The topological polar surface area (TPSA) is 75.4 Å². The molecule has 1 unspecified atom stereocenters. The van der Waals surface area contributed by atoms with E-state index in [0.717, 1.165) is 17.5 Å². The maximum Gasteiger partial charge on any atom is 0.269 e. The fraction of sp³-hybridized carbons (Fsp3) is 0.400. The highest BCUT2D eigenvalue weighted by atomic mass is 16.6. The molecule has 1 heterocycles. The third kappa shape index (κ3) is 1.98. The number of aliphatic hydroxyl groups excluding tert-OH is 1. The van der Waals surface area contributed by atoms with E-state index in [1.165, 1.54) is 6.07 Å². The molecule has 0 saturated carbocycles. The molecule has 80 valence electrons. The van der Waals surface area contributed by atoms with Gasteiger partial charge in [0.05, 0.1) is 11.5 Å². The molecule has 1 aromatic carbocycles. The Hall–Kier alpha value is -1.46. The molecule has 0 bridgehead atoms. The number of non-ortho nitro benzene ring substituents is 1. The van der Waals surface area contributed by atoms with Gasteiger partial charge in [0.15, 0.2) is 0 Å². The number of fused-ring (bicyclic) bond motifs is 1. The molecule has 5 nitrogen and oxygen atoms in total. The minimum atomic E-state index is -0.390. The quantitative estimate of drug-likeness (QED) is 0.551. The summed E-state index contributed by atoms with van der Waals surface area (Å²) in [7, 11) is 0. The van der Waals surface area contributed by atoms with E-state index in [2.05, 4.69) is 5.32 Å². The Labute approximate surface area is 86.9 Å². The summed E-state index contributed by atoms with van der Waals surface area (Å²) in [4.78, 5) is 10.2. The minimum Gasteiger partial charge on any atom is -0.395 e. The van der Waals surface area contributed by atoms with E-state index in [1.54, 1.807) is 12.1 Å². The van der Waals surface area contributed by atoms with Crippen LogP contribution in [0.4, 0.5) is 5.69 Å². The van der Waals surface area contributed by atoms with Gasteiger partial charge in [0.1, 0.15) is 0 Å². The van der Waals surface area contributed by atoms with Gasteiger partial charge in [-0.05, 0) is 17.5 Å². The summed E-state index contributed by atoms with van der Waals surface area (Å²) in [6.07, 6.45) is 0.726. The van der Waals surface area contributed by atoms with Crippen LogP contribution < -0.4 is 5.32 Å². The van der Waals surface area contributed by atoms with Gasteiger partial charge in [-0.15, -0.1) is 0 Å². The van der Waals surface area contributed by atoms with E-state index in [1.807, 2.05) is 0 Å². The molecule has 0 amide bonds. The van der Waals surface area contributed by atoms with Gasteiger partial charge in [-0.3, -0.25) is 10.1 Å². The number of rotatable bonds is 2. The first-order chi connectivity index (χ1) is 7.20. The highest BCUT2D eigenvalue weighted by Gasteiger charge is 2.19. The zero-order valence-electron chi connectivity index (χ0n) is 8.14. The number of nitrogens with zero attached hydrogens (tertiary/aromatic N) is 1. The summed E-state index contributed by atoms with van der Waals surface area (Å²) in [6.45, 7) is 0.679. The molecule has 0 saturated heterocycles. The molecule has 1 aromatic rings. The van der Waals surface area contributed by atoms with Crippen LogP contribution in [0.3, 0.4) is 0 Å². The Balaban J connectivity index is 2.28. The van der Waals surface area contributed by atoms with Crippen molar-refractivity contribution < 1.29 is 10.0 Å². The van der Waals surface area contributed by atoms with Gasteiger partial charge in [0.2, 0.25) is 0 Å². The highest BCUT2D eigenvalue weighted by Crippen LogP contribution is 2.22. The second kappa shape index (κ2) is 3.96. The lowest BCUT2D eigenvalue weighted by Gasteiger charge is -2.24. The van der Waals surface area contributed by atoms with Crippen molar-refractivity contribution in [2.24, 2.45) is 0 Å².